The molecular formula is C24H46N4O5. The van der Waals surface area contributed by atoms with E-state index in [0.717, 1.165) is 19.3 Å². The Bertz CT molecular complexity index is 659. The topological polar surface area (TPSA) is 128 Å². The minimum Gasteiger partial charge on any atom is -0.379 e. The highest BCUT2D eigenvalue weighted by atomic mass is 16.5. The second-order valence-electron chi connectivity index (χ2n) is 9.76. The van der Waals surface area contributed by atoms with Crippen molar-refractivity contribution in [2.75, 3.05) is 27.8 Å². The first-order valence-electron chi connectivity index (χ1n) is 12.1. The lowest BCUT2D eigenvalue weighted by Crippen LogP contribution is -2.56. The molecule has 1 saturated heterocycles. The molecule has 33 heavy (non-hydrogen) atoms. The average molecular weight is 471 g/mol. The van der Waals surface area contributed by atoms with Gasteiger partial charge in [-0.25, -0.2) is 0 Å². The minimum absolute atomic E-state index is 0.00346. The van der Waals surface area contributed by atoms with Gasteiger partial charge in [0.1, 0.15) is 0 Å². The number of likely N-dealkylation sites (tertiary alicyclic amines) is 1. The number of carbonyl (C=O) groups is 3. The average Bonchev–Trinajstić information content (AvgIpc) is 3.26. The van der Waals surface area contributed by atoms with E-state index in [9.17, 15) is 14.4 Å². The summed E-state index contributed by atoms with van der Waals surface area (Å²) in [5.74, 6) is -1.09. The van der Waals surface area contributed by atoms with Crippen LogP contribution in [0.1, 0.15) is 60.3 Å². The van der Waals surface area contributed by atoms with Crippen LogP contribution in [0.15, 0.2) is 0 Å². The first-order chi connectivity index (χ1) is 15.4. The quantitative estimate of drug-likeness (QED) is 0.418. The van der Waals surface area contributed by atoms with E-state index in [1.54, 1.807) is 38.0 Å². The number of amides is 3. The normalized spacial score (nSPS) is 21.9. The zero-order valence-corrected chi connectivity index (χ0v) is 21.7. The van der Waals surface area contributed by atoms with Crippen molar-refractivity contribution in [2.24, 2.45) is 29.2 Å². The maximum absolute atomic E-state index is 13.4. The van der Waals surface area contributed by atoms with Crippen molar-refractivity contribution >= 4 is 17.7 Å². The van der Waals surface area contributed by atoms with Gasteiger partial charge in [-0.3, -0.25) is 14.4 Å². The van der Waals surface area contributed by atoms with Gasteiger partial charge in [-0.1, -0.05) is 41.0 Å². The molecule has 0 aromatic heterocycles. The van der Waals surface area contributed by atoms with E-state index in [4.69, 9.17) is 20.9 Å². The molecule has 1 heterocycles. The number of likely N-dealkylation sites (N-methyl/N-ethyl adjacent to an activating group) is 1. The third kappa shape index (κ3) is 7.13. The van der Waals surface area contributed by atoms with Crippen molar-refractivity contribution in [1.29, 1.82) is 0 Å². The van der Waals surface area contributed by atoms with Crippen LogP contribution >= 0.6 is 0 Å². The summed E-state index contributed by atoms with van der Waals surface area (Å²) in [4.78, 5) is 41.7. The Hall–Kier alpha value is -1.71. The van der Waals surface area contributed by atoms with Crippen molar-refractivity contribution in [2.45, 2.75) is 90.6 Å². The van der Waals surface area contributed by atoms with Crippen LogP contribution in [-0.4, -0.2) is 85.7 Å². The Morgan fingerprint density at radius 3 is 2.18 bits per heavy atom. The number of nitrogens with zero attached hydrogens (tertiary/aromatic N) is 2. The molecule has 0 spiro atoms. The number of hydrogen-bond donors (Lipinski definition) is 2. The molecule has 1 aliphatic rings. The van der Waals surface area contributed by atoms with Crippen molar-refractivity contribution in [3.8, 4) is 0 Å². The predicted octanol–water partition coefficient (Wildman–Crippen LogP) is 1.38. The first kappa shape index (κ1) is 29.3. The van der Waals surface area contributed by atoms with Crippen LogP contribution < -0.4 is 11.5 Å². The van der Waals surface area contributed by atoms with E-state index in [0.29, 0.717) is 6.54 Å². The number of hydrogen-bond acceptors (Lipinski definition) is 6. The fourth-order valence-electron chi connectivity index (χ4n) is 4.84. The van der Waals surface area contributed by atoms with Crippen LogP contribution in [0.25, 0.3) is 0 Å². The summed E-state index contributed by atoms with van der Waals surface area (Å²) < 4.78 is 11.4. The third-order valence-corrected chi connectivity index (χ3v) is 7.30. The molecule has 0 saturated carbocycles. The summed E-state index contributed by atoms with van der Waals surface area (Å²) in [6.07, 6.45) is 1.57. The Kier molecular flexibility index (Phi) is 11.8. The van der Waals surface area contributed by atoms with Crippen LogP contribution in [-0.2, 0) is 23.9 Å². The zero-order valence-electron chi connectivity index (χ0n) is 21.7. The number of ether oxygens (including phenoxy) is 2. The molecule has 0 aromatic rings. The van der Waals surface area contributed by atoms with Crippen LogP contribution in [0, 0.1) is 17.8 Å². The van der Waals surface area contributed by atoms with Crippen LogP contribution in [0.5, 0.6) is 0 Å². The van der Waals surface area contributed by atoms with E-state index < -0.39 is 30.1 Å². The van der Waals surface area contributed by atoms with E-state index >= 15 is 0 Å². The summed E-state index contributed by atoms with van der Waals surface area (Å²) in [5.41, 5.74) is 11.7. The summed E-state index contributed by atoms with van der Waals surface area (Å²) in [7, 11) is 4.86. The molecule has 9 nitrogen and oxygen atoms in total. The van der Waals surface area contributed by atoms with Crippen LogP contribution in [0.2, 0.25) is 0 Å². The van der Waals surface area contributed by atoms with E-state index in [1.165, 1.54) is 0 Å². The molecule has 0 aromatic carbocycles. The highest BCUT2D eigenvalue weighted by molar-refractivity contribution is 5.82. The summed E-state index contributed by atoms with van der Waals surface area (Å²) in [5, 5.41) is 0. The molecule has 3 amide bonds. The molecule has 0 bridgehead atoms. The number of primary amides is 1. The Labute approximate surface area is 199 Å². The van der Waals surface area contributed by atoms with Crippen LogP contribution in [0.3, 0.4) is 0 Å². The highest BCUT2D eigenvalue weighted by Gasteiger charge is 2.41. The SMILES string of the molecule is CC[C@H](C)[C@@H]([C@@H](CC(=O)N1CCC[C@H]1[C@H](OC)[C@@H](C)C(N)=O)OC)N(C)C(=O)[C@@H](N)C(C)C. The lowest BCUT2D eigenvalue weighted by Gasteiger charge is -2.40. The van der Waals surface area contributed by atoms with Gasteiger partial charge >= 0.3 is 0 Å². The van der Waals surface area contributed by atoms with Crippen molar-refractivity contribution in [3.05, 3.63) is 0 Å². The van der Waals surface area contributed by atoms with Gasteiger partial charge in [0.2, 0.25) is 17.7 Å². The Balaban J connectivity index is 3.11. The van der Waals surface area contributed by atoms with Crippen molar-refractivity contribution in [1.82, 2.24) is 9.80 Å². The molecular weight excluding hydrogens is 424 g/mol. The summed E-state index contributed by atoms with van der Waals surface area (Å²) in [6.45, 7) is 10.3. The molecule has 1 aliphatic heterocycles. The Morgan fingerprint density at radius 1 is 1.12 bits per heavy atom. The standard InChI is InChI=1S/C24H46N4O5/c1-9-15(4)21(27(6)24(31)20(25)14(2)3)18(32-7)13-19(29)28-12-10-11-17(28)22(33-8)16(5)23(26)30/h14-18,20-22H,9-13,25H2,1-8H3,(H2,26,30)/t15-,16+,17-,18+,20-,21-,22+/m0/s1. The smallest absolute Gasteiger partial charge is 0.239 e. The van der Waals surface area contributed by atoms with Crippen LogP contribution in [0.4, 0.5) is 0 Å². The van der Waals surface area contributed by atoms with E-state index in [-0.39, 0.29) is 42.2 Å². The van der Waals surface area contributed by atoms with Gasteiger partial charge in [0.15, 0.2) is 0 Å². The second kappa shape index (κ2) is 13.2. The van der Waals surface area contributed by atoms with Gasteiger partial charge in [0.25, 0.3) is 0 Å². The fourth-order valence-corrected chi connectivity index (χ4v) is 4.84. The zero-order chi connectivity index (χ0) is 25.5. The lowest BCUT2D eigenvalue weighted by atomic mass is 9.89. The molecule has 9 heteroatoms. The predicted molar refractivity (Wildman–Crippen MR) is 128 cm³/mol. The molecule has 0 aliphatic carbocycles. The van der Waals surface area contributed by atoms with Gasteiger partial charge in [0, 0.05) is 27.8 Å². The molecule has 7 atom stereocenters. The monoisotopic (exact) mass is 470 g/mol. The summed E-state index contributed by atoms with van der Waals surface area (Å²) >= 11 is 0. The number of methoxy groups -OCH3 is 2. The van der Waals surface area contributed by atoms with Gasteiger partial charge in [-0.05, 0) is 24.7 Å². The maximum Gasteiger partial charge on any atom is 0.239 e. The first-order valence-corrected chi connectivity index (χ1v) is 12.1. The van der Waals surface area contributed by atoms with E-state index in [2.05, 4.69) is 13.8 Å². The van der Waals surface area contributed by atoms with Gasteiger partial charge in [-0.15, -0.1) is 0 Å². The lowest BCUT2D eigenvalue weighted by molar-refractivity contribution is -0.146. The van der Waals surface area contributed by atoms with Gasteiger partial charge in [-0.2, -0.15) is 0 Å². The third-order valence-electron chi connectivity index (χ3n) is 7.30. The minimum atomic E-state index is -0.615. The largest absolute Gasteiger partial charge is 0.379 e. The summed E-state index contributed by atoms with van der Waals surface area (Å²) in [6, 6.07) is -1.14. The highest BCUT2D eigenvalue weighted by Crippen LogP contribution is 2.29. The van der Waals surface area contributed by atoms with Crippen molar-refractivity contribution < 1.29 is 23.9 Å². The number of carbonyl (C=O) groups excluding carboxylic acids is 3. The Morgan fingerprint density at radius 2 is 1.73 bits per heavy atom. The van der Waals surface area contributed by atoms with Gasteiger partial charge < -0.3 is 30.7 Å². The molecule has 1 rings (SSSR count). The maximum atomic E-state index is 13.4. The molecule has 4 N–H and O–H groups in total. The van der Waals surface area contributed by atoms with Crippen molar-refractivity contribution in [3.63, 3.8) is 0 Å². The molecule has 1 fully saturated rings. The fraction of sp³-hybridized carbons (Fsp3) is 0.875. The molecule has 0 radical (unpaired) electrons. The molecule has 0 unspecified atom stereocenters. The number of rotatable bonds is 13. The molecule has 192 valence electrons. The number of nitrogens with two attached hydrogens (primary N) is 2. The van der Waals surface area contributed by atoms with Gasteiger partial charge in [0.05, 0.1) is 42.7 Å². The second-order valence-corrected chi connectivity index (χ2v) is 9.76. The van der Waals surface area contributed by atoms with E-state index in [1.807, 2.05) is 13.8 Å².